The van der Waals surface area contributed by atoms with Gasteiger partial charge in [0.25, 0.3) is 5.91 Å². The van der Waals surface area contributed by atoms with Gasteiger partial charge in [0.05, 0.1) is 0 Å². The fourth-order valence-electron chi connectivity index (χ4n) is 2.17. The molecule has 0 unspecified atom stereocenters. The second-order valence-corrected chi connectivity index (χ2v) is 5.36. The van der Waals surface area contributed by atoms with E-state index in [2.05, 4.69) is 31.1 Å². The highest BCUT2D eigenvalue weighted by atomic mass is 19.1. The van der Waals surface area contributed by atoms with E-state index in [1.54, 1.807) is 30.6 Å². The first-order valence-electron chi connectivity index (χ1n) is 7.99. The maximum atomic E-state index is 13.1. The van der Waals surface area contributed by atoms with Crippen LogP contribution in [0.4, 0.5) is 21.7 Å². The molecule has 3 aromatic rings. The average Bonchev–Trinajstić information content (AvgIpc) is 2.67. The fraction of sp³-hybridized carbons (Fsp3) is 0.111. The van der Waals surface area contributed by atoms with Gasteiger partial charge in [-0.1, -0.05) is 6.07 Å². The molecule has 2 heterocycles. The molecule has 0 saturated carbocycles. The van der Waals surface area contributed by atoms with Crippen LogP contribution in [-0.2, 0) is 0 Å². The van der Waals surface area contributed by atoms with E-state index < -0.39 is 5.82 Å². The van der Waals surface area contributed by atoms with Crippen molar-refractivity contribution in [2.24, 2.45) is 0 Å². The molecule has 0 saturated heterocycles. The molecule has 1 aromatic carbocycles. The van der Waals surface area contributed by atoms with Crippen molar-refractivity contribution in [2.75, 3.05) is 23.7 Å². The zero-order valence-corrected chi connectivity index (χ0v) is 13.8. The monoisotopic (exact) mass is 352 g/mol. The maximum absolute atomic E-state index is 13.1. The summed E-state index contributed by atoms with van der Waals surface area (Å²) in [5.41, 5.74) is 1.16. The fourth-order valence-corrected chi connectivity index (χ4v) is 2.17. The summed E-state index contributed by atoms with van der Waals surface area (Å²) >= 11 is 0. The van der Waals surface area contributed by atoms with E-state index in [9.17, 15) is 9.18 Å². The second-order valence-electron chi connectivity index (χ2n) is 5.36. The average molecular weight is 352 g/mol. The van der Waals surface area contributed by atoms with E-state index in [4.69, 9.17) is 0 Å². The molecule has 2 aromatic heterocycles. The molecular formula is C18H17FN6O. The van der Waals surface area contributed by atoms with Crippen LogP contribution in [0.3, 0.4) is 0 Å². The molecule has 0 atom stereocenters. The number of pyridine rings is 1. The van der Waals surface area contributed by atoms with Crippen molar-refractivity contribution in [3.8, 4) is 0 Å². The summed E-state index contributed by atoms with van der Waals surface area (Å²) in [6, 6.07) is 12.8. The van der Waals surface area contributed by atoms with Gasteiger partial charge in [-0.3, -0.25) is 9.78 Å². The van der Waals surface area contributed by atoms with Gasteiger partial charge in [-0.15, -0.1) is 10.2 Å². The minimum Gasteiger partial charge on any atom is -0.367 e. The van der Waals surface area contributed by atoms with Crippen LogP contribution in [-0.4, -0.2) is 34.2 Å². The van der Waals surface area contributed by atoms with E-state index in [-0.39, 0.29) is 11.5 Å². The van der Waals surface area contributed by atoms with Crippen molar-refractivity contribution < 1.29 is 9.18 Å². The summed E-state index contributed by atoms with van der Waals surface area (Å²) in [6.07, 6.45) is 3.37. The topological polar surface area (TPSA) is 91.8 Å². The van der Waals surface area contributed by atoms with Crippen molar-refractivity contribution in [3.63, 3.8) is 0 Å². The molecular weight excluding hydrogens is 335 g/mol. The molecule has 0 aliphatic heterocycles. The number of carbonyl (C=O) groups is 1. The summed E-state index contributed by atoms with van der Waals surface area (Å²) < 4.78 is 13.1. The third-order valence-electron chi connectivity index (χ3n) is 3.42. The van der Waals surface area contributed by atoms with Gasteiger partial charge in [0, 0.05) is 36.7 Å². The molecule has 3 N–H and O–H groups in total. The molecule has 0 radical (unpaired) electrons. The molecule has 132 valence electrons. The van der Waals surface area contributed by atoms with Gasteiger partial charge in [0.2, 0.25) is 0 Å². The van der Waals surface area contributed by atoms with Gasteiger partial charge in [0.15, 0.2) is 5.82 Å². The zero-order valence-electron chi connectivity index (χ0n) is 13.8. The molecule has 0 bridgehead atoms. The standard InChI is InChI=1S/C18H17FN6O/c19-14-3-1-2-13(12-14)18(26)22-11-10-21-16-4-5-17(25-24-16)23-15-6-8-20-9-7-15/h1-9,12H,10-11H2,(H,21,24)(H,22,26)(H,20,23,25). The van der Waals surface area contributed by atoms with Crippen LogP contribution in [0.15, 0.2) is 60.9 Å². The first kappa shape index (κ1) is 17.3. The lowest BCUT2D eigenvalue weighted by Crippen LogP contribution is -2.29. The quantitative estimate of drug-likeness (QED) is 0.566. The molecule has 0 fully saturated rings. The molecule has 3 rings (SSSR count). The highest BCUT2D eigenvalue weighted by molar-refractivity contribution is 5.94. The van der Waals surface area contributed by atoms with E-state index in [0.717, 1.165) is 5.69 Å². The van der Waals surface area contributed by atoms with Crippen LogP contribution >= 0.6 is 0 Å². The number of halogens is 1. The predicted molar refractivity (Wildman–Crippen MR) is 96.8 cm³/mol. The van der Waals surface area contributed by atoms with Gasteiger partial charge in [-0.05, 0) is 42.5 Å². The second kappa shape index (κ2) is 8.52. The summed E-state index contributed by atoms with van der Waals surface area (Å²) in [7, 11) is 0. The molecule has 8 heteroatoms. The number of carbonyl (C=O) groups excluding carboxylic acids is 1. The number of rotatable bonds is 7. The number of benzene rings is 1. The number of anilines is 3. The molecule has 1 amide bonds. The Morgan fingerprint density at radius 2 is 1.73 bits per heavy atom. The number of hydrogen-bond acceptors (Lipinski definition) is 6. The summed E-state index contributed by atoms with van der Waals surface area (Å²) in [5.74, 6) is 0.437. The Morgan fingerprint density at radius 1 is 0.962 bits per heavy atom. The first-order chi connectivity index (χ1) is 12.7. The summed E-state index contributed by atoms with van der Waals surface area (Å²) in [4.78, 5) is 15.8. The zero-order chi connectivity index (χ0) is 18.2. The van der Waals surface area contributed by atoms with Crippen LogP contribution in [0.1, 0.15) is 10.4 Å². The molecule has 26 heavy (non-hydrogen) atoms. The lowest BCUT2D eigenvalue weighted by atomic mass is 10.2. The van der Waals surface area contributed by atoms with Gasteiger partial charge >= 0.3 is 0 Å². The summed E-state index contributed by atoms with van der Waals surface area (Å²) in [6.45, 7) is 0.834. The van der Waals surface area contributed by atoms with Gasteiger partial charge in [-0.25, -0.2) is 4.39 Å². The number of nitrogens with zero attached hydrogens (tertiary/aromatic N) is 3. The SMILES string of the molecule is O=C(NCCNc1ccc(Nc2ccncc2)nn1)c1cccc(F)c1. The Morgan fingerprint density at radius 3 is 2.46 bits per heavy atom. The van der Waals surface area contributed by atoms with Crippen molar-refractivity contribution in [3.05, 3.63) is 72.3 Å². The number of hydrogen-bond donors (Lipinski definition) is 3. The molecule has 7 nitrogen and oxygen atoms in total. The van der Waals surface area contributed by atoms with Crippen molar-refractivity contribution in [1.82, 2.24) is 20.5 Å². The lowest BCUT2D eigenvalue weighted by Gasteiger charge is -2.08. The largest absolute Gasteiger partial charge is 0.367 e. The minimum absolute atomic E-state index is 0.288. The van der Waals surface area contributed by atoms with Gasteiger partial charge < -0.3 is 16.0 Å². The smallest absolute Gasteiger partial charge is 0.251 e. The van der Waals surface area contributed by atoms with Crippen LogP contribution in [0.2, 0.25) is 0 Å². The van der Waals surface area contributed by atoms with E-state index in [1.165, 1.54) is 18.2 Å². The Balaban J connectivity index is 1.43. The summed E-state index contributed by atoms with van der Waals surface area (Å²) in [5, 5.41) is 17.0. The van der Waals surface area contributed by atoms with Gasteiger partial charge in [0.1, 0.15) is 11.6 Å². The van der Waals surface area contributed by atoms with Crippen LogP contribution in [0.25, 0.3) is 0 Å². The maximum Gasteiger partial charge on any atom is 0.251 e. The van der Waals surface area contributed by atoms with E-state index in [0.29, 0.717) is 24.7 Å². The van der Waals surface area contributed by atoms with Crippen molar-refractivity contribution in [2.45, 2.75) is 0 Å². The highest BCUT2D eigenvalue weighted by Gasteiger charge is 2.05. The highest BCUT2D eigenvalue weighted by Crippen LogP contribution is 2.13. The number of nitrogens with one attached hydrogen (secondary N) is 3. The third kappa shape index (κ3) is 4.97. The third-order valence-corrected chi connectivity index (χ3v) is 3.42. The number of amides is 1. The first-order valence-corrected chi connectivity index (χ1v) is 7.99. The van der Waals surface area contributed by atoms with Gasteiger partial charge in [-0.2, -0.15) is 0 Å². The predicted octanol–water partition coefficient (Wildman–Crippen LogP) is 2.60. The molecule has 0 spiro atoms. The molecule has 0 aliphatic rings. The number of aromatic nitrogens is 3. The normalized spacial score (nSPS) is 10.2. The van der Waals surface area contributed by atoms with Crippen LogP contribution < -0.4 is 16.0 Å². The van der Waals surface area contributed by atoms with Crippen LogP contribution in [0.5, 0.6) is 0 Å². The Kier molecular flexibility index (Phi) is 5.66. The van der Waals surface area contributed by atoms with Crippen LogP contribution in [0, 0.1) is 5.82 Å². The lowest BCUT2D eigenvalue weighted by molar-refractivity contribution is 0.0954. The minimum atomic E-state index is -0.438. The Bertz CT molecular complexity index is 857. The molecule has 0 aliphatic carbocycles. The van der Waals surface area contributed by atoms with E-state index >= 15 is 0 Å². The Labute approximate surface area is 149 Å². The Hall–Kier alpha value is -3.55. The van der Waals surface area contributed by atoms with E-state index in [1.807, 2.05) is 12.1 Å². The van der Waals surface area contributed by atoms with Crippen molar-refractivity contribution in [1.29, 1.82) is 0 Å². The van der Waals surface area contributed by atoms with Crippen molar-refractivity contribution >= 4 is 23.2 Å².